The lowest BCUT2D eigenvalue weighted by molar-refractivity contribution is -0.384. The second kappa shape index (κ2) is 8.73. The molecule has 0 aliphatic rings. The summed E-state index contributed by atoms with van der Waals surface area (Å²) in [5.74, 6) is -0.843. The van der Waals surface area contributed by atoms with E-state index in [1.54, 1.807) is 6.92 Å². The number of non-ortho nitro benzene ring substituents is 1. The number of benzene rings is 1. The fourth-order valence-corrected chi connectivity index (χ4v) is 1.74. The Bertz CT molecular complexity index is 547. The third-order valence-corrected chi connectivity index (χ3v) is 2.99. The molecular formula is C14H20N4O4. The van der Waals surface area contributed by atoms with E-state index < -0.39 is 16.9 Å². The number of rotatable bonds is 8. The summed E-state index contributed by atoms with van der Waals surface area (Å²) in [5.41, 5.74) is 5.31. The van der Waals surface area contributed by atoms with Crippen LogP contribution in [0.15, 0.2) is 24.3 Å². The molecule has 0 aliphatic heterocycles. The Morgan fingerprint density at radius 3 is 2.73 bits per heavy atom. The molecule has 120 valence electrons. The van der Waals surface area contributed by atoms with Gasteiger partial charge in [-0.05, 0) is 32.4 Å². The maximum absolute atomic E-state index is 12.0. The molecule has 4 N–H and O–H groups in total. The predicted molar refractivity (Wildman–Crippen MR) is 81.3 cm³/mol. The summed E-state index contributed by atoms with van der Waals surface area (Å²) >= 11 is 0. The van der Waals surface area contributed by atoms with Gasteiger partial charge in [0.05, 0.1) is 4.92 Å². The van der Waals surface area contributed by atoms with Crippen molar-refractivity contribution in [3.05, 3.63) is 39.9 Å². The first kappa shape index (κ1) is 17.6. The molecule has 1 aromatic rings. The van der Waals surface area contributed by atoms with Gasteiger partial charge in [0.1, 0.15) is 6.04 Å². The minimum Gasteiger partial charge on any atom is -0.354 e. The number of nitrogens with two attached hydrogens (primary N) is 1. The fraction of sp³-hybridized carbons (Fsp3) is 0.429. The Morgan fingerprint density at radius 2 is 2.09 bits per heavy atom. The van der Waals surface area contributed by atoms with Crippen LogP contribution in [-0.4, -0.2) is 35.9 Å². The standard InChI is InChI=1S/C14H20N4O4/c1-10(13(19)16-8-3-2-7-15)17-14(20)11-5-4-6-12(9-11)18(21)22/h4-6,9-10H,2-3,7-8,15H2,1H3,(H,16,19)(H,17,20). The van der Waals surface area contributed by atoms with Gasteiger partial charge in [-0.2, -0.15) is 0 Å². The van der Waals surface area contributed by atoms with E-state index in [9.17, 15) is 19.7 Å². The molecule has 0 fully saturated rings. The van der Waals surface area contributed by atoms with E-state index >= 15 is 0 Å². The summed E-state index contributed by atoms with van der Waals surface area (Å²) in [6.45, 7) is 2.61. The SMILES string of the molecule is CC(NC(=O)c1cccc([N+](=O)[O-])c1)C(=O)NCCCCN. The maximum atomic E-state index is 12.0. The Balaban J connectivity index is 2.54. The van der Waals surface area contributed by atoms with Crippen LogP contribution in [0.4, 0.5) is 5.69 Å². The van der Waals surface area contributed by atoms with Gasteiger partial charge in [-0.15, -0.1) is 0 Å². The summed E-state index contributed by atoms with van der Waals surface area (Å²) in [7, 11) is 0. The topological polar surface area (TPSA) is 127 Å². The number of nitro benzene ring substituents is 1. The zero-order chi connectivity index (χ0) is 16.5. The lowest BCUT2D eigenvalue weighted by Crippen LogP contribution is -2.45. The van der Waals surface area contributed by atoms with Crippen LogP contribution in [0.1, 0.15) is 30.1 Å². The summed E-state index contributed by atoms with van der Waals surface area (Å²) in [6, 6.07) is 4.61. The third kappa shape index (κ3) is 5.49. The maximum Gasteiger partial charge on any atom is 0.270 e. The van der Waals surface area contributed by atoms with E-state index in [4.69, 9.17) is 5.73 Å². The number of nitrogens with one attached hydrogen (secondary N) is 2. The van der Waals surface area contributed by atoms with E-state index in [0.29, 0.717) is 13.1 Å². The van der Waals surface area contributed by atoms with Crippen LogP contribution < -0.4 is 16.4 Å². The van der Waals surface area contributed by atoms with E-state index in [0.717, 1.165) is 12.8 Å². The minimum absolute atomic E-state index is 0.136. The van der Waals surface area contributed by atoms with Gasteiger partial charge in [0.15, 0.2) is 0 Å². The summed E-state index contributed by atoms with van der Waals surface area (Å²) < 4.78 is 0. The number of amides is 2. The van der Waals surface area contributed by atoms with Gasteiger partial charge in [0, 0.05) is 24.2 Å². The van der Waals surface area contributed by atoms with Gasteiger partial charge in [-0.1, -0.05) is 6.07 Å². The number of hydrogen-bond acceptors (Lipinski definition) is 5. The molecule has 0 saturated heterocycles. The van der Waals surface area contributed by atoms with Gasteiger partial charge >= 0.3 is 0 Å². The number of nitro groups is 1. The number of carbonyl (C=O) groups is 2. The summed E-state index contributed by atoms with van der Waals surface area (Å²) in [6.07, 6.45) is 1.59. The zero-order valence-electron chi connectivity index (χ0n) is 12.4. The number of unbranched alkanes of at least 4 members (excludes halogenated alkanes) is 1. The quantitative estimate of drug-likeness (QED) is 0.367. The highest BCUT2D eigenvalue weighted by atomic mass is 16.6. The van der Waals surface area contributed by atoms with Crippen molar-refractivity contribution in [2.24, 2.45) is 5.73 Å². The van der Waals surface area contributed by atoms with Crippen molar-refractivity contribution in [2.45, 2.75) is 25.8 Å². The molecule has 8 heteroatoms. The van der Waals surface area contributed by atoms with E-state index in [1.807, 2.05) is 0 Å². The first-order valence-corrected chi connectivity index (χ1v) is 6.98. The molecule has 0 heterocycles. The Labute approximate surface area is 128 Å². The van der Waals surface area contributed by atoms with Crippen LogP contribution in [0, 0.1) is 10.1 Å². The van der Waals surface area contributed by atoms with Crippen molar-refractivity contribution in [3.8, 4) is 0 Å². The Hall–Kier alpha value is -2.48. The van der Waals surface area contributed by atoms with Gasteiger partial charge < -0.3 is 16.4 Å². The first-order chi connectivity index (χ1) is 10.5. The van der Waals surface area contributed by atoms with Gasteiger partial charge in [-0.3, -0.25) is 19.7 Å². The number of nitrogens with zero attached hydrogens (tertiary/aromatic N) is 1. The van der Waals surface area contributed by atoms with Gasteiger partial charge in [0.2, 0.25) is 5.91 Å². The van der Waals surface area contributed by atoms with Crippen LogP contribution in [-0.2, 0) is 4.79 Å². The summed E-state index contributed by atoms with van der Waals surface area (Å²) in [4.78, 5) is 33.9. The summed E-state index contributed by atoms with van der Waals surface area (Å²) in [5, 5.41) is 15.9. The van der Waals surface area contributed by atoms with Gasteiger partial charge in [0.25, 0.3) is 11.6 Å². The average Bonchev–Trinajstić information content (AvgIpc) is 2.51. The second-order valence-corrected chi connectivity index (χ2v) is 4.79. The van der Waals surface area contributed by atoms with Crippen molar-refractivity contribution < 1.29 is 14.5 Å². The highest BCUT2D eigenvalue weighted by molar-refractivity contribution is 5.97. The number of carbonyl (C=O) groups excluding carboxylic acids is 2. The predicted octanol–water partition coefficient (Wildman–Crippen LogP) is 0.568. The molecule has 0 saturated carbocycles. The lowest BCUT2D eigenvalue weighted by Gasteiger charge is -2.14. The molecule has 0 spiro atoms. The molecule has 1 aromatic carbocycles. The van der Waals surface area contributed by atoms with Crippen LogP contribution in [0.3, 0.4) is 0 Å². The molecule has 0 bridgehead atoms. The van der Waals surface area contributed by atoms with Crippen LogP contribution in [0.5, 0.6) is 0 Å². The highest BCUT2D eigenvalue weighted by Crippen LogP contribution is 2.13. The van der Waals surface area contributed by atoms with E-state index in [2.05, 4.69) is 10.6 Å². The largest absolute Gasteiger partial charge is 0.354 e. The fourth-order valence-electron chi connectivity index (χ4n) is 1.74. The highest BCUT2D eigenvalue weighted by Gasteiger charge is 2.17. The molecule has 1 rings (SSSR count). The molecular weight excluding hydrogens is 288 g/mol. The van der Waals surface area contributed by atoms with E-state index in [1.165, 1.54) is 24.3 Å². The molecule has 0 radical (unpaired) electrons. The van der Waals surface area contributed by atoms with E-state index in [-0.39, 0.29) is 17.2 Å². The number of hydrogen-bond donors (Lipinski definition) is 3. The molecule has 0 aliphatic carbocycles. The van der Waals surface area contributed by atoms with Gasteiger partial charge in [-0.25, -0.2) is 0 Å². The van der Waals surface area contributed by atoms with Crippen molar-refractivity contribution in [1.82, 2.24) is 10.6 Å². The molecule has 1 unspecified atom stereocenters. The molecule has 0 aromatic heterocycles. The third-order valence-electron chi connectivity index (χ3n) is 2.99. The molecule has 8 nitrogen and oxygen atoms in total. The molecule has 2 amide bonds. The first-order valence-electron chi connectivity index (χ1n) is 6.98. The Kier molecular flexibility index (Phi) is 6.97. The Morgan fingerprint density at radius 1 is 1.36 bits per heavy atom. The van der Waals surface area contributed by atoms with Crippen molar-refractivity contribution in [3.63, 3.8) is 0 Å². The molecule has 22 heavy (non-hydrogen) atoms. The van der Waals surface area contributed by atoms with Crippen molar-refractivity contribution in [1.29, 1.82) is 0 Å². The monoisotopic (exact) mass is 308 g/mol. The van der Waals surface area contributed by atoms with Crippen LogP contribution >= 0.6 is 0 Å². The van der Waals surface area contributed by atoms with Crippen LogP contribution in [0.25, 0.3) is 0 Å². The van der Waals surface area contributed by atoms with Crippen molar-refractivity contribution >= 4 is 17.5 Å². The lowest BCUT2D eigenvalue weighted by atomic mass is 10.1. The van der Waals surface area contributed by atoms with Crippen molar-refractivity contribution in [2.75, 3.05) is 13.1 Å². The zero-order valence-corrected chi connectivity index (χ0v) is 12.4. The normalized spacial score (nSPS) is 11.5. The molecule has 1 atom stereocenters. The second-order valence-electron chi connectivity index (χ2n) is 4.79. The smallest absolute Gasteiger partial charge is 0.270 e. The van der Waals surface area contributed by atoms with Crippen LogP contribution in [0.2, 0.25) is 0 Å². The minimum atomic E-state index is -0.732. The average molecular weight is 308 g/mol.